The van der Waals surface area contributed by atoms with E-state index >= 15 is 0 Å². The summed E-state index contributed by atoms with van der Waals surface area (Å²) in [4.78, 5) is 11.9. The van der Waals surface area contributed by atoms with Crippen LogP contribution in [0.15, 0.2) is 12.2 Å². The van der Waals surface area contributed by atoms with Gasteiger partial charge in [-0.15, -0.1) is 0 Å². The van der Waals surface area contributed by atoms with Crippen molar-refractivity contribution >= 4 is 5.91 Å². The Balaban J connectivity index is 1.26. The first-order chi connectivity index (χ1) is 19.9. The number of carbonyl (C=O) groups is 1. The fourth-order valence-electron chi connectivity index (χ4n) is 10.5. The van der Waals surface area contributed by atoms with Crippen molar-refractivity contribution in [1.29, 1.82) is 0 Å². The van der Waals surface area contributed by atoms with Gasteiger partial charge in [-0.05, 0) is 97.2 Å². The van der Waals surface area contributed by atoms with Gasteiger partial charge in [0.25, 0.3) is 0 Å². The Bertz CT molecular complexity index is 971. The van der Waals surface area contributed by atoms with Crippen LogP contribution in [0.25, 0.3) is 0 Å². The summed E-state index contributed by atoms with van der Waals surface area (Å²) in [7, 11) is 0. The van der Waals surface area contributed by atoms with Gasteiger partial charge >= 0.3 is 0 Å². The Morgan fingerprint density at radius 2 is 1.71 bits per heavy atom. The quantitative estimate of drug-likeness (QED) is 0.275. The lowest BCUT2D eigenvalue weighted by Gasteiger charge is -2.59. The second-order valence-electron chi connectivity index (χ2n) is 15.8. The van der Waals surface area contributed by atoms with Crippen molar-refractivity contribution in [1.82, 2.24) is 5.32 Å². The van der Waals surface area contributed by atoms with Crippen LogP contribution in [0, 0.1) is 52.3 Å². The summed E-state index contributed by atoms with van der Waals surface area (Å²) < 4.78 is 12.3. The zero-order chi connectivity index (χ0) is 30.4. The lowest BCUT2D eigenvalue weighted by molar-refractivity contribution is -0.287. The minimum Gasteiger partial charge on any atom is -0.394 e. The van der Waals surface area contributed by atoms with Crippen molar-refractivity contribution < 1.29 is 29.6 Å². The lowest BCUT2D eigenvalue weighted by Crippen LogP contribution is -2.65. The molecule has 7 nitrogen and oxygen atoms in total. The molecule has 4 aliphatic carbocycles. The van der Waals surface area contributed by atoms with E-state index in [1.807, 2.05) is 0 Å². The number of fused-ring (bicyclic) bond motifs is 5. The Kier molecular flexibility index (Phi) is 9.86. The molecule has 4 fully saturated rings. The Morgan fingerprint density at radius 3 is 2.40 bits per heavy atom. The van der Waals surface area contributed by atoms with Crippen molar-refractivity contribution in [3.63, 3.8) is 0 Å². The smallest absolute Gasteiger partial charge is 0.217 e. The van der Waals surface area contributed by atoms with E-state index in [1.54, 1.807) is 0 Å². The second kappa shape index (κ2) is 12.8. The fraction of sp³-hybridized carbons (Fsp3) is 0.914. The number of rotatable bonds is 9. The summed E-state index contributed by atoms with van der Waals surface area (Å²) >= 11 is 0. The standard InChI is InChI=1S/C35H59NO6/c1-20(2)8-7-9-21(3)26-12-13-27-25-11-10-23-18-24(14-16-34(23,5)28(25)15-17-35(26,27)6)41-33-30(36-22(4)38)32(40)31(39)29(19-37)42-33/h10-11,20-21,23-33,37,39-40H,7-9,12-19H2,1-6H3,(H,36,38)/t21-,23+,24-,25-,26+,27-,28-,29+,30+,31+,32+,33+,34-,35+/m0/s1. The van der Waals surface area contributed by atoms with E-state index in [0.29, 0.717) is 23.2 Å². The molecule has 4 N–H and O–H groups in total. The molecule has 0 aromatic heterocycles. The molecule has 0 radical (unpaired) electrons. The second-order valence-corrected chi connectivity index (χ2v) is 15.8. The van der Waals surface area contributed by atoms with Crippen LogP contribution in [0.2, 0.25) is 0 Å². The molecule has 42 heavy (non-hydrogen) atoms. The average molecular weight is 590 g/mol. The molecular weight excluding hydrogens is 530 g/mol. The van der Waals surface area contributed by atoms with Crippen LogP contribution in [0.5, 0.6) is 0 Å². The molecule has 0 aromatic rings. The highest BCUT2D eigenvalue weighted by molar-refractivity contribution is 5.73. The zero-order valence-electron chi connectivity index (χ0n) is 27.0. The first-order valence-electron chi connectivity index (χ1n) is 17.1. The number of aliphatic hydroxyl groups excluding tert-OH is 3. The Hall–Kier alpha value is -0.990. The molecule has 0 bridgehead atoms. The molecule has 1 saturated heterocycles. The predicted molar refractivity (Wildman–Crippen MR) is 163 cm³/mol. The van der Waals surface area contributed by atoms with Crippen molar-refractivity contribution in [2.75, 3.05) is 6.61 Å². The molecule has 1 aliphatic heterocycles. The van der Waals surface area contributed by atoms with Gasteiger partial charge in [-0.25, -0.2) is 0 Å². The molecule has 1 heterocycles. The number of hydrogen-bond donors (Lipinski definition) is 4. The molecule has 7 heteroatoms. The zero-order valence-corrected chi connectivity index (χ0v) is 27.0. The summed E-state index contributed by atoms with van der Waals surface area (Å²) in [6, 6.07) is -0.890. The third-order valence-electron chi connectivity index (χ3n) is 12.9. The molecular formula is C35H59NO6. The number of hydrogen-bond acceptors (Lipinski definition) is 6. The van der Waals surface area contributed by atoms with Gasteiger partial charge in [-0.3, -0.25) is 4.79 Å². The maximum absolute atomic E-state index is 11.9. The monoisotopic (exact) mass is 589 g/mol. The number of allylic oxidation sites excluding steroid dienone is 2. The first-order valence-corrected chi connectivity index (χ1v) is 17.1. The van der Waals surface area contributed by atoms with Gasteiger partial charge in [0.2, 0.25) is 5.91 Å². The van der Waals surface area contributed by atoms with E-state index in [0.717, 1.165) is 42.9 Å². The largest absolute Gasteiger partial charge is 0.394 e. The van der Waals surface area contributed by atoms with Crippen LogP contribution in [0.1, 0.15) is 106 Å². The molecule has 0 aromatic carbocycles. The Morgan fingerprint density at radius 1 is 1.00 bits per heavy atom. The summed E-state index contributed by atoms with van der Waals surface area (Å²) in [5.74, 6) is 4.71. The number of ether oxygens (including phenoxy) is 2. The minimum absolute atomic E-state index is 0.0799. The number of carbonyl (C=O) groups excluding carboxylic acids is 1. The third kappa shape index (κ3) is 5.99. The van der Waals surface area contributed by atoms with Gasteiger partial charge in [-0.1, -0.05) is 66.0 Å². The molecule has 1 amide bonds. The van der Waals surface area contributed by atoms with E-state index < -0.39 is 37.3 Å². The first kappa shape index (κ1) is 32.4. The Labute approximate surface area is 254 Å². The van der Waals surface area contributed by atoms with Crippen LogP contribution >= 0.6 is 0 Å². The van der Waals surface area contributed by atoms with Crippen LogP contribution in [-0.4, -0.2) is 64.6 Å². The van der Waals surface area contributed by atoms with Gasteiger partial charge in [-0.2, -0.15) is 0 Å². The number of amides is 1. The highest BCUT2D eigenvalue weighted by atomic mass is 16.7. The van der Waals surface area contributed by atoms with Crippen LogP contribution in [0.3, 0.4) is 0 Å². The van der Waals surface area contributed by atoms with E-state index in [9.17, 15) is 20.1 Å². The van der Waals surface area contributed by atoms with E-state index in [4.69, 9.17) is 9.47 Å². The van der Waals surface area contributed by atoms with Crippen LogP contribution in [0.4, 0.5) is 0 Å². The highest BCUT2D eigenvalue weighted by Gasteiger charge is 2.60. The number of aliphatic hydroxyl groups is 3. The lowest BCUT2D eigenvalue weighted by atomic mass is 9.46. The van der Waals surface area contributed by atoms with Crippen molar-refractivity contribution in [2.45, 2.75) is 142 Å². The minimum atomic E-state index is -1.30. The molecule has 5 rings (SSSR count). The van der Waals surface area contributed by atoms with Gasteiger partial charge in [0.1, 0.15) is 24.4 Å². The fourth-order valence-corrected chi connectivity index (χ4v) is 10.5. The molecule has 14 atom stereocenters. The molecule has 5 aliphatic rings. The third-order valence-corrected chi connectivity index (χ3v) is 12.9. The predicted octanol–water partition coefficient (Wildman–Crippen LogP) is 5.21. The maximum atomic E-state index is 11.9. The van der Waals surface area contributed by atoms with E-state index in [2.05, 4.69) is 52.1 Å². The van der Waals surface area contributed by atoms with Crippen molar-refractivity contribution in [3.05, 3.63) is 12.2 Å². The van der Waals surface area contributed by atoms with Gasteiger partial charge in [0.05, 0.1) is 12.7 Å². The average Bonchev–Trinajstić information content (AvgIpc) is 3.29. The summed E-state index contributed by atoms with van der Waals surface area (Å²) in [6.07, 6.45) is 12.9. The van der Waals surface area contributed by atoms with Crippen LogP contribution < -0.4 is 5.32 Å². The topological polar surface area (TPSA) is 108 Å². The van der Waals surface area contributed by atoms with Gasteiger partial charge in [0, 0.05) is 6.92 Å². The van der Waals surface area contributed by atoms with E-state index in [-0.39, 0.29) is 17.4 Å². The van der Waals surface area contributed by atoms with Crippen LogP contribution in [-0.2, 0) is 14.3 Å². The molecule has 0 spiro atoms. The summed E-state index contributed by atoms with van der Waals surface area (Å²) in [6.45, 7) is 13.3. The number of nitrogens with one attached hydrogen (secondary N) is 1. The summed E-state index contributed by atoms with van der Waals surface area (Å²) in [5.41, 5.74) is 0.702. The van der Waals surface area contributed by atoms with Crippen molar-refractivity contribution in [2.24, 2.45) is 52.3 Å². The van der Waals surface area contributed by atoms with Gasteiger partial charge < -0.3 is 30.1 Å². The SMILES string of the molecule is CC(=O)N[C@H]1[C@H](O[C@H]2CC[C@@]3(C)[C@H](C=C[C@@H]4[C@@H]3CC[C@]3(C)[C@@H]([C@@H](C)CCCC(C)C)CC[C@@H]43)C2)O[C@H](CO)[C@@H](O)[C@@H]1O. The summed E-state index contributed by atoms with van der Waals surface area (Å²) in [5, 5.41) is 33.5. The molecule has 240 valence electrons. The molecule has 0 unspecified atom stereocenters. The van der Waals surface area contributed by atoms with Gasteiger partial charge in [0.15, 0.2) is 6.29 Å². The molecule has 3 saturated carbocycles. The van der Waals surface area contributed by atoms with E-state index in [1.165, 1.54) is 51.9 Å². The highest BCUT2D eigenvalue weighted by Crippen LogP contribution is 2.67. The maximum Gasteiger partial charge on any atom is 0.217 e. The normalized spacial score (nSPS) is 47.4. The van der Waals surface area contributed by atoms with Crippen molar-refractivity contribution in [3.8, 4) is 0 Å².